The van der Waals surface area contributed by atoms with E-state index in [1.807, 2.05) is 26.2 Å². The minimum absolute atomic E-state index is 0.103. The van der Waals surface area contributed by atoms with Gasteiger partial charge in [-0.3, -0.25) is 14.8 Å². The zero-order valence-corrected chi connectivity index (χ0v) is 11.0. The van der Waals surface area contributed by atoms with E-state index < -0.39 is 0 Å². The van der Waals surface area contributed by atoms with Crippen molar-refractivity contribution in [3.8, 4) is 0 Å². The van der Waals surface area contributed by atoms with Gasteiger partial charge in [0.1, 0.15) is 5.69 Å². The molecule has 1 aromatic carbocycles. The van der Waals surface area contributed by atoms with Gasteiger partial charge in [-0.2, -0.15) is 5.10 Å². The summed E-state index contributed by atoms with van der Waals surface area (Å²) in [7, 11) is 1.86. The number of benzene rings is 1. The van der Waals surface area contributed by atoms with Gasteiger partial charge in [0.15, 0.2) is 0 Å². The van der Waals surface area contributed by atoms with E-state index in [1.165, 1.54) is 6.07 Å². The third kappa shape index (κ3) is 3.31. The number of hydrogen-bond donors (Lipinski definition) is 1. The highest BCUT2D eigenvalue weighted by Crippen LogP contribution is 2.24. The van der Waals surface area contributed by atoms with E-state index in [4.69, 9.17) is 0 Å². The molecule has 1 N–H and O–H groups in total. The summed E-state index contributed by atoms with van der Waals surface area (Å²) in [6.07, 6.45) is 2.61. The number of hydrogen-bond acceptors (Lipinski definition) is 4. The van der Waals surface area contributed by atoms with E-state index in [9.17, 15) is 10.1 Å². The maximum absolute atomic E-state index is 10.9. The lowest BCUT2D eigenvalue weighted by Crippen LogP contribution is -2.07. The summed E-state index contributed by atoms with van der Waals surface area (Å²) in [5.74, 6) is 0. The first-order valence-electron chi connectivity index (χ1n) is 6.03. The van der Waals surface area contributed by atoms with Crippen LogP contribution in [0.4, 0.5) is 11.4 Å². The lowest BCUT2D eigenvalue weighted by molar-refractivity contribution is -0.384. The van der Waals surface area contributed by atoms with Crippen LogP contribution in [0.1, 0.15) is 11.3 Å². The maximum atomic E-state index is 10.9. The first kappa shape index (κ1) is 13.1. The van der Waals surface area contributed by atoms with Gasteiger partial charge in [0.25, 0.3) is 5.69 Å². The summed E-state index contributed by atoms with van der Waals surface area (Å²) in [4.78, 5) is 10.5. The van der Waals surface area contributed by atoms with E-state index in [-0.39, 0.29) is 10.6 Å². The van der Waals surface area contributed by atoms with Crippen molar-refractivity contribution in [1.82, 2.24) is 9.78 Å². The van der Waals surface area contributed by atoms with E-state index >= 15 is 0 Å². The summed E-state index contributed by atoms with van der Waals surface area (Å²) in [5.41, 5.74) is 2.61. The Morgan fingerprint density at radius 1 is 1.42 bits per heavy atom. The van der Waals surface area contributed by atoms with Crippen LogP contribution in [0.25, 0.3) is 0 Å². The van der Waals surface area contributed by atoms with Gasteiger partial charge in [-0.15, -0.1) is 0 Å². The number of nitro benzene ring substituents is 1. The minimum atomic E-state index is -0.372. The van der Waals surface area contributed by atoms with Crippen molar-refractivity contribution in [3.05, 3.63) is 51.8 Å². The molecular formula is C13H16N4O2. The molecule has 0 saturated carbocycles. The molecule has 100 valence electrons. The van der Waals surface area contributed by atoms with Crippen LogP contribution in [0.3, 0.4) is 0 Å². The van der Waals surface area contributed by atoms with Crippen molar-refractivity contribution in [2.24, 2.45) is 7.05 Å². The van der Waals surface area contributed by atoms with Crippen molar-refractivity contribution in [1.29, 1.82) is 0 Å². The number of rotatable bonds is 5. The molecule has 0 spiro atoms. The smallest absolute Gasteiger partial charge is 0.292 e. The standard InChI is InChI=1S/C13H16N4O2/c1-10-3-4-13(17(18)19)12(9-10)14-7-5-11-6-8-16(2)15-11/h3-4,6,8-9,14H,5,7H2,1-2H3. The normalized spacial score (nSPS) is 10.4. The fourth-order valence-electron chi connectivity index (χ4n) is 1.87. The highest BCUT2D eigenvalue weighted by Gasteiger charge is 2.12. The van der Waals surface area contributed by atoms with Gasteiger partial charge >= 0.3 is 0 Å². The Balaban J connectivity index is 2.02. The number of aryl methyl sites for hydroxylation is 2. The largest absolute Gasteiger partial charge is 0.379 e. The molecule has 0 radical (unpaired) electrons. The van der Waals surface area contributed by atoms with Gasteiger partial charge in [0.2, 0.25) is 0 Å². The van der Waals surface area contributed by atoms with Gasteiger partial charge in [-0.1, -0.05) is 6.07 Å². The van der Waals surface area contributed by atoms with Gasteiger partial charge in [-0.25, -0.2) is 0 Å². The van der Waals surface area contributed by atoms with Crippen LogP contribution >= 0.6 is 0 Å². The third-order valence-corrected chi connectivity index (χ3v) is 2.81. The predicted molar refractivity (Wildman–Crippen MR) is 73.2 cm³/mol. The second-order valence-corrected chi connectivity index (χ2v) is 4.44. The van der Waals surface area contributed by atoms with Crippen LogP contribution in [0.15, 0.2) is 30.5 Å². The van der Waals surface area contributed by atoms with Crippen LogP contribution < -0.4 is 5.32 Å². The summed E-state index contributed by atoms with van der Waals surface area (Å²) in [6.45, 7) is 2.52. The molecule has 0 fully saturated rings. The van der Waals surface area contributed by atoms with Gasteiger partial charge in [0, 0.05) is 32.3 Å². The van der Waals surface area contributed by atoms with Gasteiger partial charge in [0.05, 0.1) is 10.6 Å². The fraction of sp³-hybridized carbons (Fsp3) is 0.308. The lowest BCUT2D eigenvalue weighted by atomic mass is 10.2. The summed E-state index contributed by atoms with van der Waals surface area (Å²) in [6, 6.07) is 6.99. The Morgan fingerprint density at radius 2 is 2.21 bits per heavy atom. The molecule has 0 aliphatic carbocycles. The van der Waals surface area contributed by atoms with E-state index in [1.54, 1.807) is 16.8 Å². The number of nitro groups is 1. The molecular weight excluding hydrogens is 244 g/mol. The molecule has 6 nitrogen and oxygen atoms in total. The number of nitrogens with zero attached hydrogens (tertiary/aromatic N) is 3. The first-order valence-corrected chi connectivity index (χ1v) is 6.03. The minimum Gasteiger partial charge on any atom is -0.379 e. The van der Waals surface area contributed by atoms with Crippen molar-refractivity contribution in [3.63, 3.8) is 0 Å². The van der Waals surface area contributed by atoms with E-state index in [0.29, 0.717) is 12.2 Å². The molecule has 19 heavy (non-hydrogen) atoms. The SMILES string of the molecule is Cc1ccc([N+](=O)[O-])c(NCCc2ccn(C)n2)c1. The summed E-state index contributed by atoms with van der Waals surface area (Å²) < 4.78 is 1.74. The van der Waals surface area contributed by atoms with Crippen LogP contribution in [0, 0.1) is 17.0 Å². The third-order valence-electron chi connectivity index (χ3n) is 2.81. The maximum Gasteiger partial charge on any atom is 0.292 e. The molecule has 1 heterocycles. The molecule has 0 atom stereocenters. The molecule has 0 amide bonds. The van der Waals surface area contributed by atoms with Crippen LogP contribution in [0.2, 0.25) is 0 Å². The molecule has 0 aliphatic heterocycles. The molecule has 0 saturated heterocycles. The van der Waals surface area contributed by atoms with Gasteiger partial charge < -0.3 is 5.32 Å². The highest BCUT2D eigenvalue weighted by molar-refractivity contribution is 5.62. The zero-order chi connectivity index (χ0) is 13.8. The zero-order valence-electron chi connectivity index (χ0n) is 11.0. The van der Waals surface area contributed by atoms with Crippen molar-refractivity contribution in [2.75, 3.05) is 11.9 Å². The van der Waals surface area contributed by atoms with Crippen LogP contribution in [-0.2, 0) is 13.5 Å². The molecule has 6 heteroatoms. The van der Waals surface area contributed by atoms with E-state index in [2.05, 4.69) is 10.4 Å². The Labute approximate surface area is 111 Å². The van der Waals surface area contributed by atoms with Crippen LogP contribution in [0.5, 0.6) is 0 Å². The number of aromatic nitrogens is 2. The Hall–Kier alpha value is -2.37. The Kier molecular flexibility index (Phi) is 3.79. The Morgan fingerprint density at radius 3 is 2.84 bits per heavy atom. The molecule has 2 rings (SSSR count). The average molecular weight is 260 g/mol. The second-order valence-electron chi connectivity index (χ2n) is 4.44. The van der Waals surface area contributed by atoms with Crippen molar-refractivity contribution in [2.45, 2.75) is 13.3 Å². The highest BCUT2D eigenvalue weighted by atomic mass is 16.6. The molecule has 0 bridgehead atoms. The first-order chi connectivity index (χ1) is 9.06. The number of nitrogens with one attached hydrogen (secondary N) is 1. The van der Waals surface area contributed by atoms with Crippen molar-refractivity contribution >= 4 is 11.4 Å². The monoisotopic (exact) mass is 260 g/mol. The average Bonchev–Trinajstić information content (AvgIpc) is 2.75. The molecule has 0 unspecified atom stereocenters. The summed E-state index contributed by atoms with van der Waals surface area (Å²) >= 11 is 0. The lowest BCUT2D eigenvalue weighted by Gasteiger charge is -2.07. The van der Waals surface area contributed by atoms with Crippen LogP contribution in [-0.4, -0.2) is 21.2 Å². The van der Waals surface area contributed by atoms with Gasteiger partial charge in [-0.05, 0) is 24.6 Å². The Bertz CT molecular complexity index is 592. The molecule has 1 aromatic heterocycles. The molecule has 2 aromatic rings. The summed E-state index contributed by atoms with van der Waals surface area (Å²) in [5, 5.41) is 18.3. The van der Waals surface area contributed by atoms with E-state index in [0.717, 1.165) is 17.7 Å². The second kappa shape index (κ2) is 5.51. The topological polar surface area (TPSA) is 73.0 Å². The fourth-order valence-corrected chi connectivity index (χ4v) is 1.87. The quantitative estimate of drug-likeness (QED) is 0.661. The van der Waals surface area contributed by atoms with Crippen molar-refractivity contribution < 1.29 is 4.92 Å². The number of anilines is 1. The predicted octanol–water partition coefficient (Wildman–Crippen LogP) is 2.29. The molecule has 0 aliphatic rings.